The number of aryl methyl sites for hydroxylation is 2. The molecular weight excluding hydrogens is 308 g/mol. The number of hydrogen-bond acceptors (Lipinski definition) is 4. The molecule has 1 heterocycles. The van der Waals surface area contributed by atoms with Crippen molar-refractivity contribution in [3.05, 3.63) is 34.9 Å². The van der Waals surface area contributed by atoms with Gasteiger partial charge in [0.2, 0.25) is 0 Å². The standard InChI is InChI=1S/C18H22N2O4/c1-12-5-6-13(2)14(9-12)11-24-15(21)10-20-16(22)18(19-17(20)23)7-3-4-8-18/h5-6,9H,3-4,7-8,10-11H2,1-2H3,(H,19,23). The average molecular weight is 330 g/mol. The summed E-state index contributed by atoms with van der Waals surface area (Å²) >= 11 is 0. The van der Waals surface area contributed by atoms with Crippen LogP contribution in [-0.4, -0.2) is 34.9 Å². The van der Waals surface area contributed by atoms with Crippen molar-refractivity contribution in [2.24, 2.45) is 0 Å². The van der Waals surface area contributed by atoms with E-state index in [0.29, 0.717) is 12.8 Å². The van der Waals surface area contributed by atoms with Crippen molar-refractivity contribution in [1.29, 1.82) is 0 Å². The molecule has 3 amide bonds. The molecule has 24 heavy (non-hydrogen) atoms. The second kappa shape index (κ2) is 6.26. The second-order valence-corrected chi connectivity index (χ2v) is 6.70. The predicted molar refractivity (Wildman–Crippen MR) is 87.2 cm³/mol. The number of benzene rings is 1. The van der Waals surface area contributed by atoms with Crippen LogP contribution in [0.25, 0.3) is 0 Å². The largest absolute Gasteiger partial charge is 0.459 e. The fraction of sp³-hybridized carbons (Fsp3) is 0.500. The number of carbonyl (C=O) groups is 3. The molecule has 0 bridgehead atoms. The van der Waals surface area contributed by atoms with E-state index in [1.807, 2.05) is 32.0 Å². The zero-order chi connectivity index (χ0) is 17.3. The van der Waals surface area contributed by atoms with Crippen LogP contribution in [0.4, 0.5) is 4.79 Å². The first-order chi connectivity index (χ1) is 11.4. The van der Waals surface area contributed by atoms with Gasteiger partial charge in [0.1, 0.15) is 18.7 Å². The molecule has 1 aromatic rings. The topological polar surface area (TPSA) is 75.7 Å². The highest BCUT2D eigenvalue weighted by Crippen LogP contribution is 2.34. The lowest BCUT2D eigenvalue weighted by atomic mass is 9.98. The summed E-state index contributed by atoms with van der Waals surface area (Å²) in [7, 11) is 0. The van der Waals surface area contributed by atoms with Crippen LogP contribution in [0.3, 0.4) is 0 Å². The first-order valence-corrected chi connectivity index (χ1v) is 8.27. The Morgan fingerprint density at radius 2 is 1.96 bits per heavy atom. The lowest BCUT2D eigenvalue weighted by molar-refractivity contribution is -0.148. The van der Waals surface area contributed by atoms with Crippen molar-refractivity contribution in [1.82, 2.24) is 10.2 Å². The maximum Gasteiger partial charge on any atom is 0.326 e. The first-order valence-electron chi connectivity index (χ1n) is 8.27. The van der Waals surface area contributed by atoms with E-state index in [4.69, 9.17) is 4.74 Å². The molecule has 0 unspecified atom stereocenters. The van der Waals surface area contributed by atoms with Gasteiger partial charge in [0, 0.05) is 0 Å². The molecule has 1 aromatic carbocycles. The predicted octanol–water partition coefficient (Wildman–Crippen LogP) is 2.21. The van der Waals surface area contributed by atoms with Crippen LogP contribution in [0.5, 0.6) is 0 Å². The quantitative estimate of drug-likeness (QED) is 0.678. The minimum Gasteiger partial charge on any atom is -0.459 e. The zero-order valence-corrected chi connectivity index (χ0v) is 14.1. The Balaban J connectivity index is 1.60. The van der Waals surface area contributed by atoms with E-state index in [9.17, 15) is 14.4 Å². The molecule has 0 radical (unpaired) electrons. The summed E-state index contributed by atoms with van der Waals surface area (Å²) < 4.78 is 5.26. The van der Waals surface area contributed by atoms with E-state index < -0.39 is 17.5 Å². The van der Waals surface area contributed by atoms with E-state index in [-0.39, 0.29) is 19.1 Å². The molecule has 6 nitrogen and oxygen atoms in total. The minimum atomic E-state index is -0.787. The lowest BCUT2D eigenvalue weighted by Gasteiger charge is -2.19. The molecular formula is C18H22N2O4. The summed E-state index contributed by atoms with van der Waals surface area (Å²) in [5, 5.41) is 2.75. The number of carbonyl (C=O) groups excluding carboxylic acids is 3. The van der Waals surface area contributed by atoms with E-state index in [1.165, 1.54) is 0 Å². The Kier molecular flexibility index (Phi) is 4.30. The van der Waals surface area contributed by atoms with Crippen LogP contribution in [0, 0.1) is 13.8 Å². The van der Waals surface area contributed by atoms with Gasteiger partial charge in [-0.25, -0.2) is 4.79 Å². The van der Waals surface area contributed by atoms with Gasteiger partial charge in [0.15, 0.2) is 0 Å². The number of rotatable bonds is 4. The van der Waals surface area contributed by atoms with Gasteiger partial charge in [-0.1, -0.05) is 36.6 Å². The number of esters is 1. The van der Waals surface area contributed by atoms with Gasteiger partial charge in [-0.2, -0.15) is 0 Å². The number of imide groups is 1. The Labute approximate surface area is 141 Å². The van der Waals surface area contributed by atoms with E-state index in [2.05, 4.69) is 5.32 Å². The Hall–Kier alpha value is -2.37. The molecule has 1 aliphatic carbocycles. The van der Waals surface area contributed by atoms with Gasteiger partial charge >= 0.3 is 12.0 Å². The SMILES string of the molecule is Cc1ccc(C)c(COC(=O)CN2C(=O)NC3(CCCC3)C2=O)c1. The normalized spacial score (nSPS) is 19.0. The van der Waals surface area contributed by atoms with Gasteiger partial charge in [0.05, 0.1) is 0 Å². The Bertz CT molecular complexity index is 692. The van der Waals surface area contributed by atoms with Gasteiger partial charge in [0.25, 0.3) is 5.91 Å². The van der Waals surface area contributed by atoms with Crippen molar-refractivity contribution in [3.63, 3.8) is 0 Å². The molecule has 1 spiro atoms. The highest BCUT2D eigenvalue weighted by molar-refractivity contribution is 6.08. The molecule has 3 rings (SSSR count). The number of urea groups is 1. The van der Waals surface area contributed by atoms with Crippen molar-refractivity contribution >= 4 is 17.9 Å². The van der Waals surface area contributed by atoms with E-state index in [1.54, 1.807) is 0 Å². The maximum absolute atomic E-state index is 12.5. The highest BCUT2D eigenvalue weighted by atomic mass is 16.5. The average Bonchev–Trinajstić information content (AvgIpc) is 3.10. The second-order valence-electron chi connectivity index (χ2n) is 6.70. The summed E-state index contributed by atoms with van der Waals surface area (Å²) in [4.78, 5) is 37.6. The van der Waals surface area contributed by atoms with Gasteiger partial charge in [-0.05, 0) is 37.8 Å². The first kappa shape index (κ1) is 16.5. The number of ether oxygens (including phenoxy) is 1. The Morgan fingerprint density at radius 3 is 2.67 bits per heavy atom. The fourth-order valence-corrected chi connectivity index (χ4v) is 3.43. The third kappa shape index (κ3) is 3.00. The molecule has 1 saturated heterocycles. The maximum atomic E-state index is 12.5. The number of nitrogens with zero attached hydrogens (tertiary/aromatic N) is 1. The summed E-state index contributed by atoms with van der Waals surface area (Å²) in [5.41, 5.74) is 2.26. The number of amides is 3. The van der Waals surface area contributed by atoms with Crippen LogP contribution >= 0.6 is 0 Å². The van der Waals surface area contributed by atoms with E-state index >= 15 is 0 Å². The van der Waals surface area contributed by atoms with Crippen molar-refractivity contribution < 1.29 is 19.1 Å². The number of nitrogens with one attached hydrogen (secondary N) is 1. The summed E-state index contributed by atoms with van der Waals surface area (Å²) in [6.07, 6.45) is 3.12. The fourth-order valence-electron chi connectivity index (χ4n) is 3.43. The number of hydrogen-bond donors (Lipinski definition) is 1. The zero-order valence-electron chi connectivity index (χ0n) is 14.1. The van der Waals surface area contributed by atoms with Crippen LogP contribution in [0.2, 0.25) is 0 Å². The molecule has 128 valence electrons. The van der Waals surface area contributed by atoms with Gasteiger partial charge < -0.3 is 10.1 Å². The summed E-state index contributed by atoms with van der Waals surface area (Å²) in [6.45, 7) is 3.72. The highest BCUT2D eigenvalue weighted by Gasteiger charge is 2.52. The van der Waals surface area contributed by atoms with Crippen LogP contribution in [-0.2, 0) is 20.9 Å². The minimum absolute atomic E-state index is 0.140. The Morgan fingerprint density at radius 1 is 1.25 bits per heavy atom. The van der Waals surface area contributed by atoms with Gasteiger partial charge in [-0.15, -0.1) is 0 Å². The molecule has 0 aromatic heterocycles. The molecule has 1 N–H and O–H groups in total. The van der Waals surface area contributed by atoms with Crippen LogP contribution in [0.15, 0.2) is 18.2 Å². The smallest absolute Gasteiger partial charge is 0.326 e. The van der Waals surface area contributed by atoms with Crippen molar-refractivity contribution in [2.75, 3.05) is 6.54 Å². The van der Waals surface area contributed by atoms with Gasteiger partial charge in [-0.3, -0.25) is 14.5 Å². The monoisotopic (exact) mass is 330 g/mol. The van der Waals surface area contributed by atoms with Crippen LogP contribution in [0.1, 0.15) is 42.4 Å². The summed E-state index contributed by atoms with van der Waals surface area (Å²) in [6, 6.07) is 5.43. The molecule has 0 atom stereocenters. The molecule has 1 aliphatic heterocycles. The molecule has 2 fully saturated rings. The van der Waals surface area contributed by atoms with Crippen LogP contribution < -0.4 is 5.32 Å². The molecule has 6 heteroatoms. The third-order valence-electron chi connectivity index (χ3n) is 4.88. The lowest BCUT2D eigenvalue weighted by Crippen LogP contribution is -2.44. The molecule has 2 aliphatic rings. The third-order valence-corrected chi connectivity index (χ3v) is 4.88. The van der Waals surface area contributed by atoms with Crippen molar-refractivity contribution in [3.8, 4) is 0 Å². The van der Waals surface area contributed by atoms with E-state index in [0.717, 1.165) is 34.4 Å². The van der Waals surface area contributed by atoms with Crippen molar-refractivity contribution in [2.45, 2.75) is 51.7 Å². The summed E-state index contributed by atoms with van der Waals surface area (Å²) in [5.74, 6) is -0.872. The molecule has 1 saturated carbocycles.